The minimum Gasteiger partial charge on any atom is -1.00 e. The van der Waals surface area contributed by atoms with Crippen molar-refractivity contribution in [2.45, 2.75) is 53.4 Å². The molecule has 0 aliphatic heterocycles. The third-order valence-electron chi connectivity index (χ3n) is 3.11. The van der Waals surface area contributed by atoms with Gasteiger partial charge in [0.1, 0.15) is 0 Å². The molecule has 2 aliphatic rings. The summed E-state index contributed by atoms with van der Waals surface area (Å²) in [4.78, 5) is 0. The summed E-state index contributed by atoms with van der Waals surface area (Å²) in [6, 6.07) is 0. The first kappa shape index (κ1) is 24.8. The van der Waals surface area contributed by atoms with E-state index in [1.54, 1.807) is 0 Å². The van der Waals surface area contributed by atoms with Gasteiger partial charge in [0.05, 0.1) is 0 Å². The predicted molar refractivity (Wildman–Crippen MR) is 70.8 cm³/mol. The fourth-order valence-corrected chi connectivity index (χ4v) is 1.99. The second-order valence-electron chi connectivity index (χ2n) is 4.20. The van der Waals surface area contributed by atoms with E-state index < -0.39 is 0 Å². The van der Waals surface area contributed by atoms with Gasteiger partial charge in [-0.15, -0.1) is 26.7 Å². The molecule has 0 aromatic heterocycles. The Morgan fingerprint density at radius 3 is 1.26 bits per heavy atom. The Bertz CT molecular complexity index is 327. The van der Waals surface area contributed by atoms with E-state index in [0.29, 0.717) is 0 Å². The molecule has 0 radical (unpaired) electrons. The van der Waals surface area contributed by atoms with Crippen molar-refractivity contribution in [2.24, 2.45) is 0 Å². The Hall–Kier alpha value is 0.803. The van der Waals surface area contributed by atoms with Crippen molar-refractivity contribution < 1.29 is 60.2 Å². The van der Waals surface area contributed by atoms with E-state index in [1.807, 2.05) is 0 Å². The smallest absolute Gasteiger partial charge is 1.00 e. The van der Waals surface area contributed by atoms with Crippen LogP contribution in [0.4, 0.5) is 0 Å². The number of allylic oxidation sites excluding steroid dienone is 8. The summed E-state index contributed by atoms with van der Waals surface area (Å²) in [6.45, 7) is 8.65. The van der Waals surface area contributed by atoms with E-state index in [9.17, 15) is 0 Å². The molecule has 0 spiro atoms. The summed E-state index contributed by atoms with van der Waals surface area (Å²) >= 11 is 0. The quantitative estimate of drug-likeness (QED) is 0.458. The van der Waals surface area contributed by atoms with Gasteiger partial charge in [0.25, 0.3) is 0 Å². The molecular formula is C16H22Br2Zr. The molecule has 0 nitrogen and oxygen atoms in total. The zero-order valence-electron chi connectivity index (χ0n) is 12.2. The Kier molecular flexibility index (Phi) is 18.0. The molecule has 0 bridgehead atoms. The van der Waals surface area contributed by atoms with Gasteiger partial charge < -0.3 is 34.0 Å². The average Bonchev–Trinajstić information content (AvgIpc) is 2.87. The van der Waals surface area contributed by atoms with Crippen LogP contribution in [0, 0.1) is 12.2 Å². The van der Waals surface area contributed by atoms with Crippen molar-refractivity contribution in [3.63, 3.8) is 0 Å². The van der Waals surface area contributed by atoms with Crippen LogP contribution in [0.2, 0.25) is 0 Å². The maximum Gasteiger partial charge on any atom is 4.00 e. The van der Waals surface area contributed by atoms with E-state index in [4.69, 9.17) is 0 Å². The van der Waals surface area contributed by atoms with Gasteiger partial charge in [-0.3, -0.25) is 12.2 Å². The number of hydrogen-bond acceptors (Lipinski definition) is 0. The Morgan fingerprint density at radius 1 is 0.842 bits per heavy atom. The molecule has 0 amide bonds. The Labute approximate surface area is 159 Å². The summed E-state index contributed by atoms with van der Waals surface area (Å²) in [6.07, 6.45) is 15.4. The summed E-state index contributed by atoms with van der Waals surface area (Å²) in [5, 5.41) is 0. The van der Waals surface area contributed by atoms with Crippen molar-refractivity contribution in [2.75, 3.05) is 0 Å². The van der Waals surface area contributed by atoms with Crippen LogP contribution in [0.3, 0.4) is 0 Å². The first-order valence-corrected chi connectivity index (χ1v) is 6.22. The van der Waals surface area contributed by atoms with Gasteiger partial charge in [-0.25, -0.2) is 22.3 Å². The van der Waals surface area contributed by atoms with E-state index in [1.165, 1.54) is 22.3 Å². The largest absolute Gasteiger partial charge is 4.00 e. The van der Waals surface area contributed by atoms with Crippen LogP contribution in [0.15, 0.2) is 34.4 Å². The topological polar surface area (TPSA) is 0 Å². The first-order valence-electron chi connectivity index (χ1n) is 6.22. The molecule has 19 heavy (non-hydrogen) atoms. The van der Waals surface area contributed by atoms with Crippen molar-refractivity contribution in [1.82, 2.24) is 0 Å². The SMILES string of the molecule is CCC1=[C-]CC=C1C.CCC1=[C-]CC=C1C.[Br-].[Br-].[Zr+4]. The third-order valence-corrected chi connectivity index (χ3v) is 3.11. The van der Waals surface area contributed by atoms with Crippen molar-refractivity contribution in [1.29, 1.82) is 0 Å². The fourth-order valence-electron chi connectivity index (χ4n) is 1.99. The zero-order valence-corrected chi connectivity index (χ0v) is 17.9. The Balaban J connectivity index is -0.000000233. The second-order valence-corrected chi connectivity index (χ2v) is 4.20. The van der Waals surface area contributed by atoms with Gasteiger partial charge >= 0.3 is 26.2 Å². The van der Waals surface area contributed by atoms with Gasteiger partial charge in [-0.05, 0) is 0 Å². The molecule has 0 atom stereocenters. The molecule has 0 aromatic rings. The zero-order chi connectivity index (χ0) is 12.0. The summed E-state index contributed by atoms with van der Waals surface area (Å²) in [5.41, 5.74) is 5.66. The molecule has 0 unspecified atom stereocenters. The van der Waals surface area contributed by atoms with Crippen molar-refractivity contribution in [3.8, 4) is 0 Å². The molecule has 0 saturated heterocycles. The standard InChI is InChI=1S/2C8H11.2BrH.Zr/c2*1-3-8-6-4-5-7(8)2;;;/h2*5H,3-4H2,1-2H3;2*1H;/q2*-1;;;+4/p-2. The third kappa shape index (κ3) is 8.63. The van der Waals surface area contributed by atoms with Crippen LogP contribution in [0.5, 0.6) is 0 Å². The minimum atomic E-state index is 0. The maximum atomic E-state index is 3.28. The van der Waals surface area contributed by atoms with Crippen LogP contribution >= 0.6 is 0 Å². The normalized spacial score (nSPS) is 15.4. The molecule has 2 aliphatic carbocycles. The molecule has 0 N–H and O–H groups in total. The van der Waals surface area contributed by atoms with Crippen LogP contribution in [-0.2, 0) is 26.2 Å². The van der Waals surface area contributed by atoms with Crippen LogP contribution in [-0.4, -0.2) is 0 Å². The first-order chi connectivity index (χ1) is 7.69. The monoisotopic (exact) mass is 462 g/mol. The van der Waals surface area contributed by atoms with Crippen LogP contribution in [0.25, 0.3) is 0 Å². The van der Waals surface area contributed by atoms with Crippen LogP contribution in [0.1, 0.15) is 53.4 Å². The van der Waals surface area contributed by atoms with E-state index >= 15 is 0 Å². The fraction of sp³-hybridized carbons (Fsp3) is 0.500. The number of hydrogen-bond donors (Lipinski definition) is 0. The molecular weight excluding hydrogens is 443 g/mol. The molecule has 2 rings (SSSR count). The van der Waals surface area contributed by atoms with E-state index in [2.05, 4.69) is 52.0 Å². The van der Waals surface area contributed by atoms with Gasteiger partial charge in [-0.2, -0.15) is 12.2 Å². The predicted octanol–water partition coefficient (Wildman–Crippen LogP) is -1.04. The summed E-state index contributed by atoms with van der Waals surface area (Å²) in [5.74, 6) is 0. The molecule has 0 heterocycles. The van der Waals surface area contributed by atoms with Crippen molar-refractivity contribution in [3.05, 3.63) is 46.6 Å². The maximum absolute atomic E-state index is 3.28. The summed E-state index contributed by atoms with van der Waals surface area (Å²) in [7, 11) is 0. The van der Waals surface area contributed by atoms with Gasteiger partial charge in [-0.1, -0.05) is 26.7 Å². The van der Waals surface area contributed by atoms with Gasteiger partial charge in [0, 0.05) is 0 Å². The molecule has 0 aromatic carbocycles. The molecule has 0 saturated carbocycles. The second kappa shape index (κ2) is 13.8. The summed E-state index contributed by atoms with van der Waals surface area (Å²) < 4.78 is 0. The molecule has 0 fully saturated rings. The van der Waals surface area contributed by atoms with Crippen molar-refractivity contribution >= 4 is 0 Å². The van der Waals surface area contributed by atoms with Crippen LogP contribution < -0.4 is 34.0 Å². The van der Waals surface area contributed by atoms with Gasteiger partial charge in [0.15, 0.2) is 0 Å². The molecule has 3 heteroatoms. The van der Waals surface area contributed by atoms with E-state index in [-0.39, 0.29) is 60.2 Å². The number of halogens is 2. The van der Waals surface area contributed by atoms with Gasteiger partial charge in [0.2, 0.25) is 0 Å². The molecule has 104 valence electrons. The average molecular weight is 465 g/mol. The van der Waals surface area contributed by atoms with E-state index in [0.717, 1.165) is 25.7 Å². The Morgan fingerprint density at radius 2 is 1.16 bits per heavy atom. The number of rotatable bonds is 2. The minimum absolute atomic E-state index is 0.